The van der Waals surface area contributed by atoms with E-state index in [9.17, 15) is 28.8 Å². The minimum atomic E-state index is -1.26. The molecule has 14 heteroatoms. The van der Waals surface area contributed by atoms with Crippen LogP contribution in [0, 0.1) is 5.92 Å². The van der Waals surface area contributed by atoms with E-state index in [4.69, 9.17) is 15.9 Å². The molecular weight excluding hydrogens is 608 g/mol. The molecule has 0 bridgehead atoms. The monoisotopic (exact) mass is 648 g/mol. The van der Waals surface area contributed by atoms with Crippen LogP contribution in [0.1, 0.15) is 44.6 Å². The third kappa shape index (κ3) is 12.2. The standard InChI is InChI=1S/C33H40N6O8/c1-20(16-28(40)41)30(44)38-26(12-7-15-35-31(45)24(34)18-29(42)43)33(47)39-27(14-13-21-8-3-2-4-9-21)32(46)37-23-17-22-10-5-6-11-25(22)36-19-23/h2-6,8-11,17,19-20,24,26-27H,7,12-16,18,34H2,1H3,(H,35,45)(H,37,46)(H,38,44)(H,39,47)(H,40,41)(H,42,43)/t20-,24-,26-,27+/m0/s1. The number of fused-ring (bicyclic) bond motifs is 1. The minimum absolute atomic E-state index is 0.00737. The first kappa shape index (κ1) is 36.1. The summed E-state index contributed by atoms with van der Waals surface area (Å²) < 4.78 is 0. The van der Waals surface area contributed by atoms with Gasteiger partial charge in [-0.15, -0.1) is 0 Å². The van der Waals surface area contributed by atoms with Gasteiger partial charge in [-0.3, -0.25) is 33.8 Å². The molecular formula is C33H40N6O8. The van der Waals surface area contributed by atoms with Crippen LogP contribution in [-0.4, -0.2) is 75.4 Å². The highest BCUT2D eigenvalue weighted by Crippen LogP contribution is 2.17. The maximum absolute atomic E-state index is 13.6. The first-order valence-electron chi connectivity index (χ1n) is 15.2. The Labute approximate surface area is 271 Å². The van der Waals surface area contributed by atoms with Gasteiger partial charge in [-0.2, -0.15) is 0 Å². The van der Waals surface area contributed by atoms with E-state index in [-0.39, 0.29) is 25.8 Å². The number of nitrogens with one attached hydrogen (secondary N) is 4. The lowest BCUT2D eigenvalue weighted by atomic mass is 10.0. The van der Waals surface area contributed by atoms with E-state index in [1.54, 1.807) is 6.07 Å². The SMILES string of the molecule is C[C@@H](CC(=O)O)C(=O)N[C@@H](CCCNC(=O)[C@@H](N)CC(=O)O)C(=O)N[C@H](CCc1ccccc1)C(=O)Nc1cnc2ccccc2c1. The molecule has 2 aromatic carbocycles. The van der Waals surface area contributed by atoms with Gasteiger partial charge in [0.2, 0.25) is 23.6 Å². The van der Waals surface area contributed by atoms with Crippen molar-refractivity contribution >= 4 is 52.2 Å². The van der Waals surface area contributed by atoms with Crippen molar-refractivity contribution in [3.05, 3.63) is 72.4 Å². The fraction of sp³-hybridized carbons (Fsp3) is 0.364. The van der Waals surface area contributed by atoms with Crippen LogP contribution in [0.4, 0.5) is 5.69 Å². The van der Waals surface area contributed by atoms with Crippen molar-refractivity contribution in [3.8, 4) is 0 Å². The smallest absolute Gasteiger partial charge is 0.305 e. The Morgan fingerprint density at radius 1 is 0.787 bits per heavy atom. The molecule has 47 heavy (non-hydrogen) atoms. The number of anilines is 1. The van der Waals surface area contributed by atoms with Gasteiger partial charge in [0.15, 0.2) is 0 Å². The number of hydrogen-bond acceptors (Lipinski definition) is 8. The lowest BCUT2D eigenvalue weighted by molar-refractivity contribution is -0.141. The number of hydrogen-bond donors (Lipinski definition) is 7. The summed E-state index contributed by atoms with van der Waals surface area (Å²) in [5, 5.41) is 29.4. The van der Waals surface area contributed by atoms with Crippen LogP contribution < -0.4 is 27.0 Å². The van der Waals surface area contributed by atoms with Crippen LogP contribution in [0.15, 0.2) is 66.9 Å². The van der Waals surface area contributed by atoms with Crippen LogP contribution >= 0.6 is 0 Å². The largest absolute Gasteiger partial charge is 0.481 e. The summed E-state index contributed by atoms with van der Waals surface area (Å²) >= 11 is 0. The molecule has 3 aromatic rings. The van der Waals surface area contributed by atoms with Gasteiger partial charge >= 0.3 is 11.9 Å². The second kappa shape index (κ2) is 17.9. The predicted molar refractivity (Wildman–Crippen MR) is 173 cm³/mol. The number of rotatable bonds is 18. The molecule has 1 aromatic heterocycles. The Hall–Kier alpha value is -5.37. The second-order valence-electron chi connectivity index (χ2n) is 11.2. The normalized spacial score (nSPS) is 13.4. The quantitative estimate of drug-likeness (QED) is 0.0985. The molecule has 0 aliphatic carbocycles. The van der Waals surface area contributed by atoms with Gasteiger partial charge in [-0.05, 0) is 43.4 Å². The van der Waals surface area contributed by atoms with Gasteiger partial charge < -0.3 is 37.2 Å². The highest BCUT2D eigenvalue weighted by Gasteiger charge is 2.29. The topological polar surface area (TPSA) is 230 Å². The van der Waals surface area contributed by atoms with Crippen molar-refractivity contribution in [1.29, 1.82) is 0 Å². The van der Waals surface area contributed by atoms with Crippen molar-refractivity contribution in [1.82, 2.24) is 20.9 Å². The lowest BCUT2D eigenvalue weighted by Gasteiger charge is -2.24. The number of amides is 4. The highest BCUT2D eigenvalue weighted by molar-refractivity contribution is 5.99. The van der Waals surface area contributed by atoms with Gasteiger partial charge in [0, 0.05) is 17.8 Å². The molecule has 0 unspecified atom stereocenters. The van der Waals surface area contributed by atoms with E-state index in [2.05, 4.69) is 26.3 Å². The van der Waals surface area contributed by atoms with E-state index >= 15 is 0 Å². The number of nitrogens with zero attached hydrogens (tertiary/aromatic N) is 1. The van der Waals surface area contributed by atoms with Crippen LogP contribution in [0.25, 0.3) is 10.9 Å². The first-order valence-corrected chi connectivity index (χ1v) is 15.2. The van der Waals surface area contributed by atoms with Crippen LogP contribution in [0.3, 0.4) is 0 Å². The lowest BCUT2D eigenvalue weighted by Crippen LogP contribution is -2.53. The predicted octanol–water partition coefficient (Wildman–Crippen LogP) is 1.58. The molecule has 1 heterocycles. The summed E-state index contributed by atoms with van der Waals surface area (Å²) in [6, 6.07) is 15.1. The summed E-state index contributed by atoms with van der Waals surface area (Å²) in [6.45, 7) is 1.43. The Morgan fingerprint density at radius 2 is 1.43 bits per heavy atom. The Balaban J connectivity index is 1.75. The van der Waals surface area contributed by atoms with Gasteiger partial charge in [-0.1, -0.05) is 55.5 Å². The highest BCUT2D eigenvalue weighted by atomic mass is 16.4. The van der Waals surface area contributed by atoms with Crippen LogP contribution in [-0.2, 0) is 35.2 Å². The van der Waals surface area contributed by atoms with Crippen molar-refractivity contribution < 1.29 is 39.0 Å². The summed E-state index contributed by atoms with van der Waals surface area (Å²) in [6.07, 6.45) is 1.34. The van der Waals surface area contributed by atoms with Crippen molar-refractivity contribution in [2.24, 2.45) is 11.7 Å². The maximum Gasteiger partial charge on any atom is 0.305 e. The van der Waals surface area contributed by atoms with Crippen LogP contribution in [0.2, 0.25) is 0 Å². The van der Waals surface area contributed by atoms with E-state index in [0.717, 1.165) is 16.5 Å². The molecule has 0 aliphatic rings. The van der Waals surface area contributed by atoms with Crippen molar-refractivity contribution in [2.45, 2.75) is 63.6 Å². The molecule has 4 amide bonds. The fourth-order valence-corrected chi connectivity index (χ4v) is 4.73. The zero-order valence-corrected chi connectivity index (χ0v) is 26.0. The zero-order chi connectivity index (χ0) is 34.3. The number of aryl methyl sites for hydroxylation is 1. The van der Waals surface area contributed by atoms with Gasteiger partial charge in [-0.25, -0.2) is 0 Å². The molecule has 0 radical (unpaired) electrons. The molecule has 4 atom stereocenters. The molecule has 250 valence electrons. The first-order chi connectivity index (χ1) is 22.4. The van der Waals surface area contributed by atoms with Gasteiger partial charge in [0.25, 0.3) is 0 Å². The van der Waals surface area contributed by atoms with Gasteiger partial charge in [0.05, 0.1) is 36.3 Å². The van der Waals surface area contributed by atoms with Gasteiger partial charge in [0.1, 0.15) is 12.1 Å². The number of carbonyl (C=O) groups excluding carboxylic acids is 4. The second-order valence-corrected chi connectivity index (χ2v) is 11.2. The number of para-hydroxylation sites is 1. The molecule has 0 saturated carbocycles. The molecule has 0 aliphatic heterocycles. The summed E-state index contributed by atoms with van der Waals surface area (Å²) in [5.41, 5.74) is 7.69. The van der Waals surface area contributed by atoms with Crippen molar-refractivity contribution in [3.63, 3.8) is 0 Å². The molecule has 0 fully saturated rings. The summed E-state index contributed by atoms with van der Waals surface area (Å²) in [5.74, 6) is -5.91. The fourth-order valence-electron chi connectivity index (χ4n) is 4.73. The molecule has 0 spiro atoms. The van der Waals surface area contributed by atoms with E-state index in [1.165, 1.54) is 13.1 Å². The van der Waals surface area contributed by atoms with E-state index < -0.39 is 72.5 Å². The number of carboxylic acid groups (broad SMARTS) is 2. The average molecular weight is 649 g/mol. The zero-order valence-electron chi connectivity index (χ0n) is 26.0. The Kier molecular flexibility index (Phi) is 13.8. The summed E-state index contributed by atoms with van der Waals surface area (Å²) in [4.78, 5) is 78.5. The Bertz CT molecular complexity index is 1570. The third-order valence-electron chi connectivity index (χ3n) is 7.32. The number of pyridine rings is 1. The molecule has 0 saturated heterocycles. The number of carbonyl (C=O) groups is 6. The summed E-state index contributed by atoms with van der Waals surface area (Å²) in [7, 11) is 0. The van der Waals surface area contributed by atoms with E-state index in [0.29, 0.717) is 12.1 Å². The van der Waals surface area contributed by atoms with Crippen LogP contribution in [0.5, 0.6) is 0 Å². The average Bonchev–Trinajstić information content (AvgIpc) is 3.03. The minimum Gasteiger partial charge on any atom is -0.481 e. The maximum atomic E-state index is 13.6. The molecule has 14 nitrogen and oxygen atoms in total. The number of benzene rings is 2. The molecule has 3 rings (SSSR count). The number of aromatic nitrogens is 1. The third-order valence-corrected chi connectivity index (χ3v) is 7.32. The number of aliphatic carboxylic acids is 2. The number of nitrogens with two attached hydrogens (primary N) is 1. The number of carboxylic acids is 2. The molecule has 8 N–H and O–H groups in total. The van der Waals surface area contributed by atoms with E-state index in [1.807, 2.05) is 54.6 Å². The van der Waals surface area contributed by atoms with Crippen molar-refractivity contribution in [2.75, 3.05) is 11.9 Å². The Morgan fingerprint density at radius 3 is 2.13 bits per heavy atom.